The molecule has 0 atom stereocenters. The van der Waals surface area contributed by atoms with Gasteiger partial charge in [-0.15, -0.1) is 0 Å². The van der Waals surface area contributed by atoms with Crippen LogP contribution in [0.3, 0.4) is 0 Å². The molecule has 18 heavy (non-hydrogen) atoms. The van der Waals surface area contributed by atoms with E-state index >= 15 is 0 Å². The maximum absolute atomic E-state index is 13.0. The number of rotatable bonds is 4. The third-order valence-electron chi connectivity index (χ3n) is 2.95. The fourth-order valence-electron chi connectivity index (χ4n) is 1.79. The summed E-state index contributed by atoms with van der Waals surface area (Å²) < 4.78 is 14.6. The quantitative estimate of drug-likeness (QED) is 0.921. The molecule has 1 aliphatic carbocycles. The summed E-state index contributed by atoms with van der Waals surface area (Å²) in [6.45, 7) is 0.760. The van der Waals surface area contributed by atoms with Gasteiger partial charge in [0.05, 0.1) is 16.4 Å². The number of benzene rings is 1. The Hall–Kier alpha value is -1.39. The Bertz CT molecular complexity index is 563. The fraction of sp³-hybridized carbons (Fsp3) is 0.308. The normalized spacial score (nSPS) is 15.0. The third-order valence-corrected chi connectivity index (χ3v) is 3.25. The zero-order valence-corrected chi connectivity index (χ0v) is 10.5. The topological polar surface area (TPSA) is 29.9 Å². The van der Waals surface area contributed by atoms with Gasteiger partial charge < -0.3 is 5.32 Å². The molecule has 1 aromatic carbocycles. The summed E-state index contributed by atoms with van der Waals surface area (Å²) in [5, 5.41) is 8.17. The molecule has 0 spiro atoms. The third kappa shape index (κ3) is 2.54. The van der Waals surface area contributed by atoms with Crippen LogP contribution in [0.5, 0.6) is 0 Å². The van der Waals surface area contributed by atoms with Crippen molar-refractivity contribution in [2.75, 3.05) is 0 Å². The van der Waals surface area contributed by atoms with Crippen molar-refractivity contribution in [2.24, 2.45) is 0 Å². The zero-order chi connectivity index (χ0) is 12.5. The second-order valence-electron chi connectivity index (χ2n) is 4.50. The van der Waals surface area contributed by atoms with Crippen LogP contribution >= 0.6 is 11.6 Å². The van der Waals surface area contributed by atoms with Crippen molar-refractivity contribution in [2.45, 2.75) is 25.4 Å². The van der Waals surface area contributed by atoms with E-state index in [0.717, 1.165) is 12.2 Å². The Morgan fingerprint density at radius 3 is 2.94 bits per heavy atom. The molecule has 0 unspecified atom stereocenters. The molecule has 1 aliphatic rings. The minimum atomic E-state index is -0.341. The highest BCUT2D eigenvalue weighted by molar-refractivity contribution is 6.32. The molecule has 0 radical (unpaired) electrons. The number of aromatic nitrogens is 2. The Morgan fingerprint density at radius 1 is 1.39 bits per heavy atom. The highest BCUT2D eigenvalue weighted by Gasteiger charge is 2.20. The molecule has 0 bridgehead atoms. The Labute approximate surface area is 110 Å². The fourth-order valence-corrected chi connectivity index (χ4v) is 2.05. The lowest BCUT2D eigenvalue weighted by Crippen LogP contribution is -2.15. The molecule has 0 amide bonds. The van der Waals surface area contributed by atoms with Gasteiger partial charge in [-0.05, 0) is 37.1 Å². The van der Waals surface area contributed by atoms with Crippen LogP contribution in [-0.2, 0) is 6.54 Å². The van der Waals surface area contributed by atoms with E-state index in [9.17, 15) is 4.39 Å². The average Bonchev–Trinajstić information content (AvgIpc) is 3.05. The highest BCUT2D eigenvalue weighted by atomic mass is 35.5. The number of nitrogens with one attached hydrogen (secondary N) is 1. The van der Waals surface area contributed by atoms with E-state index in [-0.39, 0.29) is 5.82 Å². The van der Waals surface area contributed by atoms with Gasteiger partial charge in [-0.1, -0.05) is 11.6 Å². The van der Waals surface area contributed by atoms with E-state index in [1.165, 1.54) is 25.0 Å². The lowest BCUT2D eigenvalue weighted by Gasteiger charge is -2.04. The van der Waals surface area contributed by atoms with Crippen LogP contribution in [0.25, 0.3) is 5.69 Å². The molecule has 94 valence electrons. The summed E-state index contributed by atoms with van der Waals surface area (Å²) in [5.41, 5.74) is 1.65. The minimum absolute atomic E-state index is 0.341. The Kier molecular flexibility index (Phi) is 3.06. The summed E-state index contributed by atoms with van der Waals surface area (Å²) >= 11 is 5.99. The lowest BCUT2D eigenvalue weighted by molar-refractivity contribution is 0.626. The van der Waals surface area contributed by atoms with Gasteiger partial charge in [-0.3, -0.25) is 0 Å². The first-order valence-electron chi connectivity index (χ1n) is 5.96. The van der Waals surface area contributed by atoms with E-state index in [2.05, 4.69) is 10.4 Å². The van der Waals surface area contributed by atoms with Crippen molar-refractivity contribution >= 4 is 11.6 Å². The summed E-state index contributed by atoms with van der Waals surface area (Å²) in [6, 6.07) is 6.90. The van der Waals surface area contributed by atoms with Gasteiger partial charge in [-0.2, -0.15) is 5.10 Å². The first-order valence-corrected chi connectivity index (χ1v) is 6.33. The Balaban J connectivity index is 1.78. The number of halogens is 2. The first kappa shape index (κ1) is 11.7. The van der Waals surface area contributed by atoms with Gasteiger partial charge in [0.15, 0.2) is 0 Å². The van der Waals surface area contributed by atoms with Crippen LogP contribution in [0.4, 0.5) is 4.39 Å². The van der Waals surface area contributed by atoms with E-state index in [1.54, 1.807) is 10.7 Å². The standard InChI is InChI=1S/C13H13ClFN3/c14-12-7-9(15)1-4-13(12)18-6-5-11(17-18)8-16-10-2-3-10/h1,4-7,10,16H,2-3,8H2. The smallest absolute Gasteiger partial charge is 0.124 e. The minimum Gasteiger partial charge on any atom is -0.308 e. The van der Waals surface area contributed by atoms with Crippen molar-refractivity contribution in [3.8, 4) is 5.69 Å². The molecule has 0 saturated heterocycles. The first-order chi connectivity index (χ1) is 8.72. The zero-order valence-electron chi connectivity index (χ0n) is 9.74. The molecule has 3 nitrogen and oxygen atoms in total. The van der Waals surface area contributed by atoms with Crippen molar-refractivity contribution in [1.82, 2.24) is 15.1 Å². The van der Waals surface area contributed by atoms with Crippen molar-refractivity contribution < 1.29 is 4.39 Å². The molecule has 1 N–H and O–H groups in total. The van der Waals surface area contributed by atoms with Gasteiger partial charge in [0.2, 0.25) is 0 Å². The molecule has 0 aliphatic heterocycles. The average molecular weight is 266 g/mol. The predicted molar refractivity (Wildman–Crippen MR) is 68.4 cm³/mol. The Morgan fingerprint density at radius 2 is 2.22 bits per heavy atom. The maximum atomic E-state index is 13.0. The van der Waals surface area contributed by atoms with Gasteiger partial charge in [-0.25, -0.2) is 9.07 Å². The second-order valence-corrected chi connectivity index (χ2v) is 4.91. The van der Waals surface area contributed by atoms with Gasteiger partial charge >= 0.3 is 0 Å². The molecule has 1 heterocycles. The molecular weight excluding hydrogens is 253 g/mol. The van der Waals surface area contributed by atoms with Crippen molar-refractivity contribution in [1.29, 1.82) is 0 Å². The number of nitrogens with zero attached hydrogens (tertiary/aromatic N) is 2. The van der Waals surface area contributed by atoms with Gasteiger partial charge in [0.1, 0.15) is 5.82 Å². The molecule has 1 fully saturated rings. The predicted octanol–water partition coefficient (Wildman–Crippen LogP) is 2.92. The van der Waals surface area contributed by atoms with E-state index < -0.39 is 0 Å². The number of hydrogen-bond donors (Lipinski definition) is 1. The van der Waals surface area contributed by atoms with Gasteiger partial charge in [0, 0.05) is 18.8 Å². The molecule has 3 rings (SSSR count). The van der Waals surface area contributed by atoms with Crippen LogP contribution in [0.1, 0.15) is 18.5 Å². The van der Waals surface area contributed by atoms with Crippen LogP contribution in [-0.4, -0.2) is 15.8 Å². The molecule has 2 aromatic rings. The second kappa shape index (κ2) is 4.71. The van der Waals surface area contributed by atoms with E-state index in [4.69, 9.17) is 11.6 Å². The van der Waals surface area contributed by atoms with E-state index in [1.807, 2.05) is 12.3 Å². The number of hydrogen-bond acceptors (Lipinski definition) is 2. The molecular formula is C13H13ClFN3. The van der Waals surface area contributed by atoms with Crippen LogP contribution in [0.15, 0.2) is 30.5 Å². The lowest BCUT2D eigenvalue weighted by atomic mass is 10.3. The van der Waals surface area contributed by atoms with Crippen molar-refractivity contribution in [3.05, 3.63) is 47.0 Å². The van der Waals surface area contributed by atoms with Crippen LogP contribution in [0, 0.1) is 5.82 Å². The molecule has 1 saturated carbocycles. The summed E-state index contributed by atoms with van der Waals surface area (Å²) in [5.74, 6) is -0.341. The monoisotopic (exact) mass is 265 g/mol. The highest BCUT2D eigenvalue weighted by Crippen LogP contribution is 2.22. The molecule has 5 heteroatoms. The molecule has 1 aromatic heterocycles. The van der Waals surface area contributed by atoms with Gasteiger partial charge in [0.25, 0.3) is 0 Å². The SMILES string of the molecule is Fc1ccc(-n2ccc(CNC3CC3)n2)c(Cl)c1. The maximum Gasteiger partial charge on any atom is 0.124 e. The van der Waals surface area contributed by atoms with Crippen LogP contribution in [0.2, 0.25) is 5.02 Å². The van der Waals surface area contributed by atoms with E-state index in [0.29, 0.717) is 16.8 Å². The van der Waals surface area contributed by atoms with Crippen LogP contribution < -0.4 is 5.32 Å². The summed E-state index contributed by atoms with van der Waals surface area (Å²) in [4.78, 5) is 0. The summed E-state index contributed by atoms with van der Waals surface area (Å²) in [7, 11) is 0. The largest absolute Gasteiger partial charge is 0.308 e. The summed E-state index contributed by atoms with van der Waals surface area (Å²) in [6.07, 6.45) is 4.35. The van der Waals surface area contributed by atoms with Crippen molar-refractivity contribution in [3.63, 3.8) is 0 Å².